The van der Waals surface area contributed by atoms with Gasteiger partial charge in [-0.25, -0.2) is 0 Å². The molecule has 0 bridgehead atoms. The Morgan fingerprint density at radius 3 is 1.16 bits per heavy atom. The quantitative estimate of drug-likeness (QED) is 0.0285. The summed E-state index contributed by atoms with van der Waals surface area (Å²) in [4.78, 5) is 46.3. The minimum atomic E-state index is -5.24. The van der Waals surface area contributed by atoms with Gasteiger partial charge in [0, 0.05) is 12.8 Å². The second kappa shape index (κ2) is 35.6. The van der Waals surface area contributed by atoms with Crippen molar-refractivity contribution in [1.29, 1.82) is 0 Å². The summed E-state index contributed by atoms with van der Waals surface area (Å²) in [6, 6.07) is 0. The second-order valence-electron chi connectivity index (χ2n) is 12.5. The standard InChI is InChI=1S/C35H69O8P.Ca/c1-3-5-7-9-11-13-15-17-19-21-23-25-27-29-34(36)41-31-33(32-42-44(38,39)40)43-35(37)30-28-26-24-22-20-18-16-14-12-10-8-6-4-2;/h33H,3-32H2,1-2H3,(H2,38,39,40);/q;+2/p-2. The van der Waals surface area contributed by atoms with E-state index in [1.54, 1.807) is 0 Å². The van der Waals surface area contributed by atoms with Crippen molar-refractivity contribution in [3.8, 4) is 0 Å². The Kier molecular flexibility index (Phi) is 37.5. The van der Waals surface area contributed by atoms with Gasteiger partial charge in [0.2, 0.25) is 0 Å². The summed E-state index contributed by atoms with van der Waals surface area (Å²) in [5.41, 5.74) is 0. The molecule has 0 N–H and O–H groups in total. The molecule has 0 fully saturated rings. The van der Waals surface area contributed by atoms with E-state index in [9.17, 15) is 23.9 Å². The van der Waals surface area contributed by atoms with Gasteiger partial charge in [0.05, 0.1) is 14.4 Å². The van der Waals surface area contributed by atoms with Crippen molar-refractivity contribution in [3.05, 3.63) is 0 Å². The van der Waals surface area contributed by atoms with Crippen LogP contribution in [0.25, 0.3) is 0 Å². The zero-order valence-corrected chi connectivity index (χ0v) is 32.3. The molecule has 0 saturated carbocycles. The maximum atomic E-state index is 12.3. The normalized spacial score (nSPS) is 12.1. The van der Waals surface area contributed by atoms with Crippen molar-refractivity contribution in [2.24, 2.45) is 0 Å². The fourth-order valence-electron chi connectivity index (χ4n) is 5.37. The van der Waals surface area contributed by atoms with E-state index in [0.717, 1.165) is 32.1 Å². The molecule has 8 nitrogen and oxygen atoms in total. The number of esters is 2. The number of rotatable bonds is 34. The molecule has 0 aliphatic rings. The first-order valence-corrected chi connectivity index (χ1v) is 19.8. The van der Waals surface area contributed by atoms with Gasteiger partial charge in [-0.15, -0.1) is 0 Å². The molecule has 0 radical (unpaired) electrons. The van der Waals surface area contributed by atoms with Crippen LogP contribution in [-0.2, 0) is 28.2 Å². The second-order valence-corrected chi connectivity index (χ2v) is 13.7. The van der Waals surface area contributed by atoms with Crippen LogP contribution in [0.5, 0.6) is 0 Å². The average Bonchev–Trinajstić information content (AvgIpc) is 2.98. The van der Waals surface area contributed by atoms with Crippen LogP contribution in [-0.4, -0.2) is 69.0 Å². The Bertz CT molecular complexity index is 703. The molecule has 0 aliphatic carbocycles. The van der Waals surface area contributed by atoms with Gasteiger partial charge in [-0.1, -0.05) is 168 Å². The van der Waals surface area contributed by atoms with Gasteiger partial charge in [-0.05, 0) is 12.8 Å². The number of unbranched alkanes of at least 4 members (excludes halogenated alkanes) is 24. The number of carbonyl (C=O) groups excluding carboxylic acids is 2. The SMILES string of the molecule is CCCCCCCCCCCCCCCC(=O)OCC(COP(=O)([O-])[O-])OC(=O)CCCCCCCCCCCCCCC.[Ca+2]. The van der Waals surface area contributed by atoms with E-state index < -0.39 is 32.5 Å². The van der Waals surface area contributed by atoms with Crippen molar-refractivity contribution in [3.63, 3.8) is 0 Å². The molecule has 45 heavy (non-hydrogen) atoms. The summed E-state index contributed by atoms with van der Waals surface area (Å²) in [5.74, 6) is -0.945. The Labute approximate surface area is 306 Å². The molecule has 0 aromatic carbocycles. The van der Waals surface area contributed by atoms with E-state index >= 15 is 0 Å². The molecule has 0 saturated heterocycles. The maximum Gasteiger partial charge on any atom is 2.00 e. The molecule has 262 valence electrons. The molecule has 0 spiro atoms. The molecule has 0 heterocycles. The fraction of sp³-hybridized carbons (Fsp3) is 0.943. The van der Waals surface area contributed by atoms with Crippen LogP contribution in [0.15, 0.2) is 0 Å². The Morgan fingerprint density at radius 1 is 0.511 bits per heavy atom. The summed E-state index contributed by atoms with van der Waals surface area (Å²) in [5, 5.41) is 0. The van der Waals surface area contributed by atoms with Crippen molar-refractivity contribution in [2.75, 3.05) is 13.2 Å². The van der Waals surface area contributed by atoms with Crippen LogP contribution < -0.4 is 9.79 Å². The number of phosphoric acid groups is 1. The molecule has 0 aromatic heterocycles. The summed E-state index contributed by atoms with van der Waals surface area (Å²) < 4.78 is 25.7. The number of hydrogen-bond acceptors (Lipinski definition) is 8. The predicted molar refractivity (Wildman–Crippen MR) is 181 cm³/mol. The van der Waals surface area contributed by atoms with Crippen molar-refractivity contribution in [2.45, 2.75) is 200 Å². The van der Waals surface area contributed by atoms with Crippen LogP contribution in [0.1, 0.15) is 194 Å². The van der Waals surface area contributed by atoms with E-state index in [4.69, 9.17) is 9.47 Å². The molecule has 0 rings (SSSR count). The molecule has 1 unspecified atom stereocenters. The monoisotopic (exact) mass is 686 g/mol. The number of hydrogen-bond donors (Lipinski definition) is 0. The van der Waals surface area contributed by atoms with Crippen molar-refractivity contribution in [1.82, 2.24) is 0 Å². The van der Waals surface area contributed by atoms with E-state index in [1.165, 1.54) is 122 Å². The van der Waals surface area contributed by atoms with Crippen LogP contribution in [0.3, 0.4) is 0 Å². The molecular formula is C35H67CaO8P. The summed E-state index contributed by atoms with van der Waals surface area (Å²) in [6.45, 7) is 3.49. The molecule has 0 amide bonds. The van der Waals surface area contributed by atoms with Gasteiger partial charge in [-0.2, -0.15) is 0 Å². The molecule has 0 aliphatic heterocycles. The zero-order chi connectivity index (χ0) is 32.6. The van der Waals surface area contributed by atoms with Crippen LogP contribution in [0.4, 0.5) is 0 Å². The van der Waals surface area contributed by atoms with Crippen molar-refractivity contribution < 1.29 is 37.9 Å². The predicted octanol–water partition coefficient (Wildman–Crippen LogP) is 8.87. The molecule has 0 aromatic rings. The van der Waals surface area contributed by atoms with Gasteiger partial charge >= 0.3 is 49.7 Å². The first kappa shape index (κ1) is 47.4. The van der Waals surface area contributed by atoms with Gasteiger partial charge in [0.25, 0.3) is 0 Å². The van der Waals surface area contributed by atoms with E-state index in [2.05, 4.69) is 18.4 Å². The zero-order valence-electron chi connectivity index (χ0n) is 29.2. The molecular weight excluding hydrogens is 619 g/mol. The minimum absolute atomic E-state index is 0. The van der Waals surface area contributed by atoms with Crippen LogP contribution in [0.2, 0.25) is 0 Å². The first-order chi connectivity index (χ1) is 21.3. The Balaban J connectivity index is 0. The minimum Gasteiger partial charge on any atom is -0.790 e. The maximum absolute atomic E-state index is 12.3. The van der Waals surface area contributed by atoms with E-state index in [0.29, 0.717) is 12.8 Å². The third-order valence-electron chi connectivity index (χ3n) is 8.12. The van der Waals surface area contributed by atoms with Crippen LogP contribution in [0, 0.1) is 0 Å². The summed E-state index contributed by atoms with van der Waals surface area (Å²) in [6.07, 6.45) is 30.6. The average molecular weight is 687 g/mol. The smallest absolute Gasteiger partial charge is 0.790 e. The largest absolute Gasteiger partial charge is 2.00 e. The third-order valence-corrected chi connectivity index (χ3v) is 8.58. The number of carbonyl (C=O) groups is 2. The number of phosphoric ester groups is 1. The fourth-order valence-corrected chi connectivity index (χ4v) is 5.72. The van der Waals surface area contributed by atoms with Crippen LogP contribution >= 0.6 is 7.82 Å². The third kappa shape index (κ3) is 38.6. The molecule has 1 atom stereocenters. The van der Waals surface area contributed by atoms with Crippen molar-refractivity contribution >= 4 is 57.5 Å². The van der Waals surface area contributed by atoms with Gasteiger partial charge in [0.1, 0.15) is 6.61 Å². The van der Waals surface area contributed by atoms with Gasteiger partial charge in [0.15, 0.2) is 6.10 Å². The Hall–Kier alpha value is 0.310. The summed E-state index contributed by atoms with van der Waals surface area (Å²) >= 11 is 0. The Morgan fingerprint density at radius 2 is 0.822 bits per heavy atom. The van der Waals surface area contributed by atoms with E-state index in [-0.39, 0.29) is 57.2 Å². The first-order valence-electron chi connectivity index (χ1n) is 18.3. The summed E-state index contributed by atoms with van der Waals surface area (Å²) in [7, 11) is -5.24. The van der Waals surface area contributed by atoms with Gasteiger partial charge in [-0.3, -0.25) is 9.59 Å². The molecule has 10 heteroatoms. The topological polar surface area (TPSA) is 125 Å². The van der Waals surface area contributed by atoms with E-state index in [1.807, 2.05) is 0 Å². The number of ether oxygens (including phenoxy) is 2. The van der Waals surface area contributed by atoms with Gasteiger partial charge < -0.3 is 28.3 Å².